The SMILES string of the molecule is COc1ccc(NC(=O)Nc2ccc(OC)cc2C)c(C)c1. The first kappa shape index (κ1) is 15.7. The Bertz CT molecular complexity index is 626. The van der Waals surface area contributed by atoms with Gasteiger partial charge in [-0.3, -0.25) is 0 Å². The molecule has 0 atom stereocenters. The zero-order valence-electron chi connectivity index (χ0n) is 13.2. The van der Waals surface area contributed by atoms with Gasteiger partial charge >= 0.3 is 6.03 Å². The van der Waals surface area contributed by atoms with Gasteiger partial charge in [0.05, 0.1) is 14.2 Å². The molecule has 0 heterocycles. The van der Waals surface area contributed by atoms with Crippen LogP contribution in [0, 0.1) is 13.8 Å². The average molecular weight is 300 g/mol. The van der Waals surface area contributed by atoms with Crippen molar-refractivity contribution in [3.05, 3.63) is 47.5 Å². The topological polar surface area (TPSA) is 59.6 Å². The summed E-state index contributed by atoms with van der Waals surface area (Å²) in [5.74, 6) is 1.52. The Hall–Kier alpha value is -2.69. The van der Waals surface area contributed by atoms with Crippen LogP contribution in [0.4, 0.5) is 16.2 Å². The summed E-state index contributed by atoms with van der Waals surface area (Å²) in [5.41, 5.74) is 3.34. The number of amides is 2. The van der Waals surface area contributed by atoms with Crippen LogP contribution in [0.1, 0.15) is 11.1 Å². The van der Waals surface area contributed by atoms with Gasteiger partial charge in [0.15, 0.2) is 0 Å². The smallest absolute Gasteiger partial charge is 0.323 e. The molecule has 116 valence electrons. The Balaban J connectivity index is 2.07. The van der Waals surface area contributed by atoms with Gasteiger partial charge in [-0.1, -0.05) is 0 Å². The molecule has 0 aliphatic carbocycles. The second kappa shape index (κ2) is 6.85. The molecular weight excluding hydrogens is 280 g/mol. The lowest BCUT2D eigenvalue weighted by Gasteiger charge is -2.13. The summed E-state index contributed by atoms with van der Waals surface area (Å²) in [6.45, 7) is 3.83. The van der Waals surface area contributed by atoms with Crippen LogP contribution < -0.4 is 20.1 Å². The summed E-state index contributed by atoms with van der Waals surface area (Å²) >= 11 is 0. The van der Waals surface area contributed by atoms with Gasteiger partial charge in [0.25, 0.3) is 0 Å². The number of urea groups is 1. The predicted octanol–water partition coefficient (Wildman–Crippen LogP) is 3.96. The minimum atomic E-state index is -0.290. The van der Waals surface area contributed by atoms with Crippen LogP contribution >= 0.6 is 0 Å². The molecule has 0 spiro atoms. The van der Waals surface area contributed by atoms with Crippen LogP contribution in [-0.4, -0.2) is 20.3 Å². The molecule has 0 bridgehead atoms. The number of carbonyl (C=O) groups excluding carboxylic acids is 1. The third kappa shape index (κ3) is 3.69. The third-order valence-corrected chi connectivity index (χ3v) is 3.36. The molecule has 0 unspecified atom stereocenters. The fourth-order valence-electron chi connectivity index (χ4n) is 2.08. The standard InChI is InChI=1S/C17H20N2O3/c1-11-9-13(21-3)5-7-15(11)18-17(20)19-16-8-6-14(22-4)10-12(16)2/h5-10H,1-4H3,(H2,18,19,20). The first-order chi connectivity index (χ1) is 10.5. The number of methoxy groups -OCH3 is 2. The molecule has 2 aromatic rings. The fraction of sp³-hybridized carbons (Fsp3) is 0.235. The first-order valence-electron chi connectivity index (χ1n) is 6.90. The number of anilines is 2. The van der Waals surface area contributed by atoms with Crippen LogP contribution in [0.25, 0.3) is 0 Å². The monoisotopic (exact) mass is 300 g/mol. The summed E-state index contributed by atoms with van der Waals surface area (Å²) < 4.78 is 10.3. The number of benzene rings is 2. The molecule has 0 aliphatic heterocycles. The molecule has 2 aromatic carbocycles. The quantitative estimate of drug-likeness (QED) is 0.898. The predicted molar refractivity (Wildman–Crippen MR) is 88.1 cm³/mol. The van der Waals surface area contributed by atoms with Crippen molar-refractivity contribution in [3.63, 3.8) is 0 Å². The summed E-state index contributed by atoms with van der Waals surface area (Å²) in [4.78, 5) is 12.1. The molecule has 2 amide bonds. The van der Waals surface area contributed by atoms with Gasteiger partial charge in [-0.2, -0.15) is 0 Å². The van der Waals surface area contributed by atoms with Gasteiger partial charge in [0.1, 0.15) is 11.5 Å². The summed E-state index contributed by atoms with van der Waals surface area (Å²) in [6, 6.07) is 10.7. The van der Waals surface area contributed by atoms with Crippen molar-refractivity contribution < 1.29 is 14.3 Å². The van der Waals surface area contributed by atoms with E-state index < -0.39 is 0 Å². The normalized spacial score (nSPS) is 10.0. The number of hydrogen-bond acceptors (Lipinski definition) is 3. The van der Waals surface area contributed by atoms with E-state index >= 15 is 0 Å². The van der Waals surface area contributed by atoms with Gasteiger partial charge < -0.3 is 20.1 Å². The number of hydrogen-bond donors (Lipinski definition) is 2. The zero-order chi connectivity index (χ0) is 16.1. The maximum atomic E-state index is 12.1. The molecule has 0 fully saturated rings. The molecular formula is C17H20N2O3. The molecule has 0 aliphatic rings. The van der Waals surface area contributed by atoms with Crippen molar-refractivity contribution in [2.75, 3.05) is 24.9 Å². The lowest BCUT2D eigenvalue weighted by atomic mass is 10.2. The van der Waals surface area contributed by atoms with E-state index in [0.29, 0.717) is 0 Å². The molecule has 5 heteroatoms. The fourth-order valence-corrected chi connectivity index (χ4v) is 2.08. The number of carbonyl (C=O) groups is 1. The van der Waals surface area contributed by atoms with Crippen molar-refractivity contribution in [1.82, 2.24) is 0 Å². The molecule has 0 saturated carbocycles. The van der Waals surface area contributed by atoms with Gasteiger partial charge in [-0.25, -0.2) is 4.79 Å². The highest BCUT2D eigenvalue weighted by Crippen LogP contribution is 2.23. The van der Waals surface area contributed by atoms with E-state index in [1.807, 2.05) is 38.1 Å². The summed E-state index contributed by atoms with van der Waals surface area (Å²) in [6.07, 6.45) is 0. The lowest BCUT2D eigenvalue weighted by Crippen LogP contribution is -2.20. The highest BCUT2D eigenvalue weighted by atomic mass is 16.5. The lowest BCUT2D eigenvalue weighted by molar-refractivity contribution is 0.262. The van der Waals surface area contributed by atoms with Crippen LogP contribution in [-0.2, 0) is 0 Å². The highest BCUT2D eigenvalue weighted by Gasteiger charge is 2.08. The van der Waals surface area contributed by atoms with Crippen molar-refractivity contribution in [1.29, 1.82) is 0 Å². The number of nitrogens with one attached hydrogen (secondary N) is 2. The summed E-state index contributed by atoms with van der Waals surface area (Å²) in [5, 5.41) is 5.66. The largest absolute Gasteiger partial charge is 0.497 e. The molecule has 5 nitrogen and oxygen atoms in total. The van der Waals surface area contributed by atoms with E-state index in [1.54, 1.807) is 26.4 Å². The van der Waals surface area contributed by atoms with E-state index in [2.05, 4.69) is 10.6 Å². The number of rotatable bonds is 4. The second-order valence-electron chi connectivity index (χ2n) is 4.94. The van der Waals surface area contributed by atoms with Crippen molar-refractivity contribution in [2.24, 2.45) is 0 Å². The summed E-state index contributed by atoms with van der Waals surface area (Å²) in [7, 11) is 3.22. The van der Waals surface area contributed by atoms with Crippen LogP contribution in [0.5, 0.6) is 11.5 Å². The van der Waals surface area contributed by atoms with E-state index in [0.717, 1.165) is 34.0 Å². The minimum absolute atomic E-state index is 0.290. The maximum Gasteiger partial charge on any atom is 0.323 e. The molecule has 0 radical (unpaired) electrons. The first-order valence-corrected chi connectivity index (χ1v) is 6.90. The molecule has 0 saturated heterocycles. The Morgan fingerprint density at radius 3 is 1.55 bits per heavy atom. The van der Waals surface area contributed by atoms with E-state index in [-0.39, 0.29) is 6.03 Å². The number of ether oxygens (including phenoxy) is 2. The average Bonchev–Trinajstić information content (AvgIpc) is 2.51. The second-order valence-corrected chi connectivity index (χ2v) is 4.94. The van der Waals surface area contributed by atoms with Gasteiger partial charge in [0.2, 0.25) is 0 Å². The van der Waals surface area contributed by atoms with Crippen molar-refractivity contribution >= 4 is 17.4 Å². The maximum absolute atomic E-state index is 12.1. The Morgan fingerprint density at radius 2 is 1.23 bits per heavy atom. The van der Waals surface area contributed by atoms with Gasteiger partial charge in [-0.15, -0.1) is 0 Å². The van der Waals surface area contributed by atoms with Crippen molar-refractivity contribution in [2.45, 2.75) is 13.8 Å². The Labute approximate surface area is 130 Å². The third-order valence-electron chi connectivity index (χ3n) is 3.36. The van der Waals surface area contributed by atoms with Gasteiger partial charge in [0, 0.05) is 11.4 Å². The molecule has 22 heavy (non-hydrogen) atoms. The van der Waals surface area contributed by atoms with Crippen LogP contribution in [0.3, 0.4) is 0 Å². The van der Waals surface area contributed by atoms with Crippen LogP contribution in [0.15, 0.2) is 36.4 Å². The Kier molecular flexibility index (Phi) is 4.88. The molecule has 2 N–H and O–H groups in total. The highest BCUT2D eigenvalue weighted by molar-refractivity contribution is 6.00. The van der Waals surface area contributed by atoms with E-state index in [4.69, 9.17) is 9.47 Å². The van der Waals surface area contributed by atoms with Crippen molar-refractivity contribution in [3.8, 4) is 11.5 Å². The minimum Gasteiger partial charge on any atom is -0.497 e. The molecule has 2 rings (SSSR count). The van der Waals surface area contributed by atoms with Gasteiger partial charge in [-0.05, 0) is 61.4 Å². The van der Waals surface area contributed by atoms with E-state index in [1.165, 1.54) is 0 Å². The number of aryl methyl sites for hydroxylation is 2. The van der Waals surface area contributed by atoms with Crippen LogP contribution in [0.2, 0.25) is 0 Å². The molecule has 0 aromatic heterocycles. The Morgan fingerprint density at radius 1 is 0.818 bits per heavy atom. The zero-order valence-corrected chi connectivity index (χ0v) is 13.2. The van der Waals surface area contributed by atoms with E-state index in [9.17, 15) is 4.79 Å².